The van der Waals surface area contributed by atoms with E-state index >= 15 is 0 Å². The second-order valence-corrected chi connectivity index (χ2v) is 3.86. The summed E-state index contributed by atoms with van der Waals surface area (Å²) in [6, 6.07) is 1.78. The van der Waals surface area contributed by atoms with Crippen LogP contribution in [0, 0.1) is 6.92 Å². The molecule has 0 atom stereocenters. The molecule has 7 nitrogen and oxygen atoms in total. The molecule has 3 rings (SSSR count). The first-order chi connectivity index (χ1) is 8.65. The van der Waals surface area contributed by atoms with Gasteiger partial charge in [-0.15, -0.1) is 0 Å². The molecule has 0 bridgehead atoms. The van der Waals surface area contributed by atoms with Crippen molar-refractivity contribution >= 4 is 17.0 Å². The van der Waals surface area contributed by atoms with E-state index in [0.717, 1.165) is 5.69 Å². The molecule has 0 radical (unpaired) electrons. The van der Waals surface area contributed by atoms with Crippen molar-refractivity contribution in [1.82, 2.24) is 24.5 Å². The van der Waals surface area contributed by atoms with Crippen LogP contribution < -0.4 is 0 Å². The van der Waals surface area contributed by atoms with Gasteiger partial charge in [-0.3, -0.25) is 4.57 Å². The van der Waals surface area contributed by atoms with E-state index in [2.05, 4.69) is 19.9 Å². The average molecular weight is 243 g/mol. The van der Waals surface area contributed by atoms with Crippen molar-refractivity contribution in [3.05, 3.63) is 36.2 Å². The van der Waals surface area contributed by atoms with Gasteiger partial charge in [0.1, 0.15) is 6.33 Å². The fourth-order valence-electron chi connectivity index (χ4n) is 1.78. The van der Waals surface area contributed by atoms with Gasteiger partial charge in [-0.05, 0) is 13.0 Å². The fraction of sp³-hybridized carbons (Fsp3) is 0.0909. The minimum Gasteiger partial charge on any atom is -0.476 e. The standard InChI is InChI=1S/C11H9N5O2/c1-6-4-7-8(13-6)9(10(17)18)15-11(14-7)16-3-2-12-5-16/h2-5,13H,1H3,(H,17,18). The molecule has 3 aromatic rings. The molecule has 0 aliphatic heterocycles. The lowest BCUT2D eigenvalue weighted by Crippen LogP contribution is -2.07. The van der Waals surface area contributed by atoms with E-state index in [1.807, 2.05) is 6.92 Å². The van der Waals surface area contributed by atoms with Gasteiger partial charge in [0.2, 0.25) is 5.95 Å². The first-order valence-electron chi connectivity index (χ1n) is 5.24. The Bertz CT molecular complexity index is 729. The summed E-state index contributed by atoms with van der Waals surface area (Å²) in [6.07, 6.45) is 4.76. The number of imidazole rings is 1. The van der Waals surface area contributed by atoms with Crippen LogP contribution in [0.4, 0.5) is 0 Å². The molecule has 2 N–H and O–H groups in total. The molecular formula is C11H9N5O2. The second kappa shape index (κ2) is 3.66. The Morgan fingerprint density at radius 3 is 2.94 bits per heavy atom. The number of nitrogens with zero attached hydrogens (tertiary/aromatic N) is 4. The van der Waals surface area contributed by atoms with Gasteiger partial charge >= 0.3 is 5.97 Å². The molecule has 0 aliphatic carbocycles. The second-order valence-electron chi connectivity index (χ2n) is 3.86. The molecule has 0 aromatic carbocycles. The number of aromatic amines is 1. The van der Waals surface area contributed by atoms with E-state index in [1.54, 1.807) is 23.0 Å². The van der Waals surface area contributed by atoms with Gasteiger partial charge in [0.15, 0.2) is 5.69 Å². The highest BCUT2D eigenvalue weighted by molar-refractivity contribution is 5.99. The number of carboxylic acid groups (broad SMARTS) is 1. The lowest BCUT2D eigenvalue weighted by molar-refractivity contribution is 0.0692. The number of carbonyl (C=O) groups is 1. The topological polar surface area (TPSA) is 96.7 Å². The van der Waals surface area contributed by atoms with Gasteiger partial charge in [0.05, 0.1) is 11.0 Å². The van der Waals surface area contributed by atoms with Gasteiger partial charge in [-0.1, -0.05) is 0 Å². The predicted molar refractivity (Wildman–Crippen MR) is 62.7 cm³/mol. The Morgan fingerprint density at radius 2 is 2.28 bits per heavy atom. The Balaban J connectivity index is 2.33. The Morgan fingerprint density at radius 1 is 1.44 bits per heavy atom. The zero-order valence-corrected chi connectivity index (χ0v) is 9.45. The van der Waals surface area contributed by atoms with Crippen molar-refractivity contribution in [3.63, 3.8) is 0 Å². The van der Waals surface area contributed by atoms with Crippen molar-refractivity contribution in [2.24, 2.45) is 0 Å². The van der Waals surface area contributed by atoms with E-state index in [9.17, 15) is 9.90 Å². The Hall–Kier alpha value is -2.70. The van der Waals surface area contributed by atoms with Crippen molar-refractivity contribution in [2.75, 3.05) is 0 Å². The highest BCUT2D eigenvalue weighted by Crippen LogP contribution is 2.17. The highest BCUT2D eigenvalue weighted by Gasteiger charge is 2.16. The number of hydrogen-bond acceptors (Lipinski definition) is 4. The molecular weight excluding hydrogens is 234 g/mol. The summed E-state index contributed by atoms with van der Waals surface area (Å²) < 4.78 is 1.56. The summed E-state index contributed by atoms with van der Waals surface area (Å²) in [5.74, 6) is -0.804. The highest BCUT2D eigenvalue weighted by atomic mass is 16.4. The number of H-pyrrole nitrogens is 1. The fourth-order valence-corrected chi connectivity index (χ4v) is 1.78. The molecule has 7 heteroatoms. The number of aromatic nitrogens is 5. The van der Waals surface area contributed by atoms with Crippen molar-refractivity contribution in [3.8, 4) is 5.95 Å². The summed E-state index contributed by atoms with van der Waals surface area (Å²) in [5, 5.41) is 9.18. The summed E-state index contributed by atoms with van der Waals surface area (Å²) in [4.78, 5) is 26.4. The van der Waals surface area contributed by atoms with Gasteiger partial charge in [-0.2, -0.15) is 0 Å². The molecule has 0 spiro atoms. The van der Waals surface area contributed by atoms with Crippen LogP contribution in [-0.2, 0) is 0 Å². The molecule has 0 saturated carbocycles. The molecule has 90 valence electrons. The van der Waals surface area contributed by atoms with Crippen LogP contribution in [0.3, 0.4) is 0 Å². The first-order valence-corrected chi connectivity index (χ1v) is 5.24. The van der Waals surface area contributed by atoms with Gasteiger partial charge in [0, 0.05) is 18.1 Å². The van der Waals surface area contributed by atoms with Crippen LogP contribution in [0.2, 0.25) is 0 Å². The number of fused-ring (bicyclic) bond motifs is 1. The van der Waals surface area contributed by atoms with Crippen LogP contribution in [0.15, 0.2) is 24.8 Å². The first kappa shape index (κ1) is 10.5. The molecule has 3 heterocycles. The normalized spacial score (nSPS) is 10.9. The SMILES string of the molecule is Cc1cc2nc(-n3ccnc3)nc(C(=O)O)c2[nH]1. The number of aromatic carboxylic acids is 1. The maximum absolute atomic E-state index is 11.2. The lowest BCUT2D eigenvalue weighted by Gasteiger charge is -2.02. The number of carboxylic acids is 1. The third kappa shape index (κ3) is 1.53. The zero-order chi connectivity index (χ0) is 12.7. The van der Waals surface area contributed by atoms with E-state index in [0.29, 0.717) is 11.0 Å². The molecule has 0 saturated heterocycles. The van der Waals surface area contributed by atoms with Crippen LogP contribution in [0.5, 0.6) is 0 Å². The summed E-state index contributed by atoms with van der Waals surface area (Å²) in [5.41, 5.74) is 1.80. The average Bonchev–Trinajstić information content (AvgIpc) is 2.93. The van der Waals surface area contributed by atoms with Crippen LogP contribution in [0.25, 0.3) is 17.0 Å². The number of nitrogens with one attached hydrogen (secondary N) is 1. The van der Waals surface area contributed by atoms with E-state index in [4.69, 9.17) is 0 Å². The maximum Gasteiger partial charge on any atom is 0.356 e. The predicted octanol–water partition coefficient (Wildman–Crippen LogP) is 1.15. The van der Waals surface area contributed by atoms with E-state index in [1.165, 1.54) is 6.33 Å². The molecule has 0 amide bonds. The van der Waals surface area contributed by atoms with Gasteiger partial charge in [0.25, 0.3) is 0 Å². The lowest BCUT2D eigenvalue weighted by atomic mass is 10.3. The van der Waals surface area contributed by atoms with Crippen LogP contribution in [-0.4, -0.2) is 35.6 Å². The van der Waals surface area contributed by atoms with E-state index in [-0.39, 0.29) is 11.6 Å². The Labute approximate surface area is 101 Å². The van der Waals surface area contributed by atoms with Crippen LogP contribution >= 0.6 is 0 Å². The minimum atomic E-state index is -1.09. The molecule has 18 heavy (non-hydrogen) atoms. The smallest absolute Gasteiger partial charge is 0.356 e. The molecule has 0 aliphatic rings. The number of hydrogen-bond donors (Lipinski definition) is 2. The largest absolute Gasteiger partial charge is 0.476 e. The van der Waals surface area contributed by atoms with E-state index < -0.39 is 5.97 Å². The molecule has 0 fully saturated rings. The molecule has 3 aromatic heterocycles. The molecule has 0 unspecified atom stereocenters. The zero-order valence-electron chi connectivity index (χ0n) is 9.45. The third-order valence-electron chi connectivity index (χ3n) is 2.54. The third-order valence-corrected chi connectivity index (χ3v) is 2.54. The number of aryl methyl sites for hydroxylation is 1. The summed E-state index contributed by atoms with van der Waals surface area (Å²) >= 11 is 0. The quantitative estimate of drug-likeness (QED) is 0.703. The van der Waals surface area contributed by atoms with Crippen molar-refractivity contribution in [2.45, 2.75) is 6.92 Å². The number of rotatable bonds is 2. The van der Waals surface area contributed by atoms with Crippen molar-refractivity contribution in [1.29, 1.82) is 0 Å². The van der Waals surface area contributed by atoms with Crippen LogP contribution in [0.1, 0.15) is 16.2 Å². The van der Waals surface area contributed by atoms with Gasteiger partial charge in [-0.25, -0.2) is 19.7 Å². The van der Waals surface area contributed by atoms with Crippen molar-refractivity contribution < 1.29 is 9.90 Å². The van der Waals surface area contributed by atoms with Gasteiger partial charge < -0.3 is 10.1 Å². The summed E-state index contributed by atoms with van der Waals surface area (Å²) in [6.45, 7) is 1.84. The summed E-state index contributed by atoms with van der Waals surface area (Å²) in [7, 11) is 0. The minimum absolute atomic E-state index is 0.0446. The Kier molecular flexibility index (Phi) is 2.12. The maximum atomic E-state index is 11.2. The monoisotopic (exact) mass is 243 g/mol.